The molecule has 1 aliphatic carbocycles. The average Bonchev–Trinajstić information content (AvgIpc) is 3.23. The van der Waals surface area contributed by atoms with E-state index in [0.29, 0.717) is 11.3 Å². The SMILES string of the molecule is COc1cc2c(cc1OC)[C@H](NC(=O)c1ccc3c(ccn3C)c1)CC2. The van der Waals surface area contributed by atoms with Gasteiger partial charge in [0.15, 0.2) is 11.5 Å². The van der Waals surface area contributed by atoms with Crippen molar-refractivity contribution < 1.29 is 14.3 Å². The van der Waals surface area contributed by atoms with Gasteiger partial charge in [-0.2, -0.15) is 0 Å². The fourth-order valence-electron chi connectivity index (χ4n) is 3.75. The number of carbonyl (C=O) groups excluding carboxylic acids is 1. The van der Waals surface area contributed by atoms with Crippen molar-refractivity contribution in [1.82, 2.24) is 9.88 Å². The standard InChI is InChI=1S/C21H22N2O3/c1-23-9-8-14-10-15(5-7-18(14)23)21(24)22-17-6-4-13-11-19(25-2)20(26-3)12-16(13)17/h5,7-12,17H,4,6H2,1-3H3,(H,22,24)/t17-/m1/s1. The first-order chi connectivity index (χ1) is 12.6. The summed E-state index contributed by atoms with van der Waals surface area (Å²) in [5.74, 6) is 1.37. The predicted molar refractivity (Wildman–Crippen MR) is 101 cm³/mol. The van der Waals surface area contributed by atoms with Crippen molar-refractivity contribution in [2.24, 2.45) is 7.05 Å². The van der Waals surface area contributed by atoms with Crippen LogP contribution in [-0.2, 0) is 13.5 Å². The lowest BCUT2D eigenvalue weighted by molar-refractivity contribution is 0.0937. The molecule has 0 aliphatic heterocycles. The second kappa shape index (κ2) is 6.41. The zero-order valence-corrected chi connectivity index (χ0v) is 15.2. The number of rotatable bonds is 4. The number of nitrogens with one attached hydrogen (secondary N) is 1. The van der Waals surface area contributed by atoms with Crippen LogP contribution in [-0.4, -0.2) is 24.7 Å². The number of aryl methyl sites for hydroxylation is 2. The van der Waals surface area contributed by atoms with E-state index < -0.39 is 0 Å². The van der Waals surface area contributed by atoms with Crippen LogP contribution in [0.25, 0.3) is 10.9 Å². The first-order valence-electron chi connectivity index (χ1n) is 8.71. The molecular formula is C21H22N2O3. The second-order valence-electron chi connectivity index (χ2n) is 6.67. The number of carbonyl (C=O) groups is 1. The molecule has 0 radical (unpaired) electrons. The maximum Gasteiger partial charge on any atom is 0.251 e. The highest BCUT2D eigenvalue weighted by Gasteiger charge is 2.26. The lowest BCUT2D eigenvalue weighted by atomic mass is 10.1. The molecule has 1 aromatic heterocycles. The molecule has 5 nitrogen and oxygen atoms in total. The van der Waals surface area contributed by atoms with Crippen LogP contribution in [0.5, 0.6) is 11.5 Å². The predicted octanol–water partition coefficient (Wildman–Crippen LogP) is 3.61. The molecule has 5 heteroatoms. The monoisotopic (exact) mass is 350 g/mol. The summed E-state index contributed by atoms with van der Waals surface area (Å²) in [6.07, 6.45) is 3.79. The Labute approximate surface area is 152 Å². The summed E-state index contributed by atoms with van der Waals surface area (Å²) in [4.78, 5) is 12.8. The van der Waals surface area contributed by atoms with Crippen LogP contribution in [0.1, 0.15) is 33.9 Å². The molecule has 0 spiro atoms. The number of benzene rings is 2. The van der Waals surface area contributed by atoms with Gasteiger partial charge in [-0.15, -0.1) is 0 Å². The summed E-state index contributed by atoms with van der Waals surface area (Å²) in [5.41, 5.74) is 4.10. The van der Waals surface area contributed by atoms with Crippen LogP contribution < -0.4 is 14.8 Å². The molecule has 0 bridgehead atoms. The molecule has 0 saturated carbocycles. The van der Waals surface area contributed by atoms with E-state index in [2.05, 4.69) is 5.32 Å². The zero-order chi connectivity index (χ0) is 18.3. The number of fused-ring (bicyclic) bond motifs is 2. The van der Waals surface area contributed by atoms with Crippen molar-refractivity contribution in [3.8, 4) is 11.5 Å². The molecule has 4 rings (SSSR count). The van der Waals surface area contributed by atoms with Crippen LogP contribution >= 0.6 is 0 Å². The summed E-state index contributed by atoms with van der Waals surface area (Å²) in [6.45, 7) is 0. The fourth-order valence-corrected chi connectivity index (χ4v) is 3.75. The molecule has 0 unspecified atom stereocenters. The number of nitrogens with zero attached hydrogens (tertiary/aromatic N) is 1. The molecule has 0 saturated heterocycles. The van der Waals surface area contributed by atoms with E-state index in [-0.39, 0.29) is 11.9 Å². The third-order valence-electron chi connectivity index (χ3n) is 5.18. The molecule has 3 aromatic rings. The van der Waals surface area contributed by atoms with E-state index in [0.717, 1.165) is 35.1 Å². The summed E-state index contributed by atoms with van der Waals surface area (Å²) in [6, 6.07) is 11.8. The van der Waals surface area contributed by atoms with Crippen LogP contribution in [0.4, 0.5) is 0 Å². The molecule has 134 valence electrons. The Bertz CT molecular complexity index is 990. The van der Waals surface area contributed by atoms with Crippen LogP contribution in [0.2, 0.25) is 0 Å². The minimum absolute atomic E-state index is 0.0104. The van der Waals surface area contributed by atoms with Crippen molar-refractivity contribution in [2.75, 3.05) is 14.2 Å². The van der Waals surface area contributed by atoms with Gasteiger partial charge in [0, 0.05) is 29.7 Å². The number of aromatic nitrogens is 1. The summed E-state index contributed by atoms with van der Waals surface area (Å²) >= 11 is 0. The van der Waals surface area contributed by atoms with Crippen molar-refractivity contribution in [3.05, 3.63) is 59.3 Å². The first kappa shape index (κ1) is 16.5. The molecule has 1 atom stereocenters. The third-order valence-corrected chi connectivity index (χ3v) is 5.18. The maximum absolute atomic E-state index is 12.8. The summed E-state index contributed by atoms with van der Waals surface area (Å²) in [7, 11) is 5.26. The average molecular weight is 350 g/mol. The Hall–Kier alpha value is -2.95. The Balaban J connectivity index is 1.59. The highest BCUT2D eigenvalue weighted by molar-refractivity contribution is 5.98. The number of methoxy groups -OCH3 is 2. The quantitative estimate of drug-likeness (QED) is 0.782. The van der Waals surface area contributed by atoms with E-state index in [1.165, 1.54) is 5.56 Å². The molecule has 1 N–H and O–H groups in total. The van der Waals surface area contributed by atoms with Gasteiger partial charge in [0.25, 0.3) is 5.91 Å². The summed E-state index contributed by atoms with van der Waals surface area (Å²) in [5, 5.41) is 4.24. The van der Waals surface area contributed by atoms with E-state index in [4.69, 9.17) is 9.47 Å². The molecule has 1 heterocycles. The van der Waals surface area contributed by atoms with Gasteiger partial charge < -0.3 is 19.4 Å². The van der Waals surface area contributed by atoms with Crippen LogP contribution in [0.15, 0.2) is 42.6 Å². The van der Waals surface area contributed by atoms with E-state index in [1.807, 2.05) is 54.2 Å². The molecule has 0 fully saturated rings. The van der Waals surface area contributed by atoms with E-state index in [9.17, 15) is 4.79 Å². The maximum atomic E-state index is 12.8. The van der Waals surface area contributed by atoms with E-state index >= 15 is 0 Å². The van der Waals surface area contributed by atoms with Crippen molar-refractivity contribution >= 4 is 16.8 Å². The molecule has 26 heavy (non-hydrogen) atoms. The third kappa shape index (κ3) is 2.69. The van der Waals surface area contributed by atoms with Gasteiger partial charge in [-0.3, -0.25) is 4.79 Å². The zero-order valence-electron chi connectivity index (χ0n) is 15.2. The molecule has 1 aliphatic rings. The van der Waals surface area contributed by atoms with Gasteiger partial charge in [0.2, 0.25) is 0 Å². The van der Waals surface area contributed by atoms with Gasteiger partial charge in [0.05, 0.1) is 20.3 Å². The highest BCUT2D eigenvalue weighted by Crippen LogP contribution is 2.39. The number of hydrogen-bond acceptors (Lipinski definition) is 3. The fraction of sp³-hybridized carbons (Fsp3) is 0.286. The Morgan fingerprint density at radius 2 is 1.88 bits per heavy atom. The van der Waals surface area contributed by atoms with Gasteiger partial charge in [-0.1, -0.05) is 0 Å². The number of amides is 1. The molecule has 1 amide bonds. The molecular weight excluding hydrogens is 328 g/mol. The molecule has 2 aromatic carbocycles. The van der Waals surface area contributed by atoms with Crippen LogP contribution in [0, 0.1) is 0 Å². The van der Waals surface area contributed by atoms with Crippen molar-refractivity contribution in [3.63, 3.8) is 0 Å². The minimum Gasteiger partial charge on any atom is -0.493 e. The Morgan fingerprint density at radius 3 is 2.65 bits per heavy atom. The lowest BCUT2D eigenvalue weighted by Gasteiger charge is -2.16. The normalized spacial score (nSPS) is 15.7. The topological polar surface area (TPSA) is 52.5 Å². The Morgan fingerprint density at radius 1 is 1.12 bits per heavy atom. The van der Waals surface area contributed by atoms with Crippen LogP contribution in [0.3, 0.4) is 0 Å². The number of ether oxygens (including phenoxy) is 2. The van der Waals surface area contributed by atoms with Crippen molar-refractivity contribution in [2.45, 2.75) is 18.9 Å². The second-order valence-corrected chi connectivity index (χ2v) is 6.67. The van der Waals surface area contributed by atoms with Gasteiger partial charge in [-0.25, -0.2) is 0 Å². The van der Waals surface area contributed by atoms with Crippen molar-refractivity contribution in [1.29, 1.82) is 0 Å². The minimum atomic E-state index is -0.0524. The smallest absolute Gasteiger partial charge is 0.251 e. The first-order valence-corrected chi connectivity index (χ1v) is 8.71. The van der Waals surface area contributed by atoms with Gasteiger partial charge in [0.1, 0.15) is 0 Å². The van der Waals surface area contributed by atoms with E-state index in [1.54, 1.807) is 14.2 Å². The van der Waals surface area contributed by atoms with Gasteiger partial charge in [-0.05, 0) is 60.4 Å². The highest BCUT2D eigenvalue weighted by atomic mass is 16.5. The Kier molecular flexibility index (Phi) is 4.07. The largest absolute Gasteiger partial charge is 0.493 e. The number of hydrogen-bond donors (Lipinski definition) is 1. The summed E-state index contributed by atoms with van der Waals surface area (Å²) < 4.78 is 12.8. The lowest BCUT2D eigenvalue weighted by Crippen LogP contribution is -2.27. The van der Waals surface area contributed by atoms with Gasteiger partial charge >= 0.3 is 0 Å².